The lowest BCUT2D eigenvalue weighted by molar-refractivity contribution is 0.0930. The van der Waals surface area contributed by atoms with Gasteiger partial charge in [0.25, 0.3) is 5.91 Å². The molecule has 0 saturated heterocycles. The van der Waals surface area contributed by atoms with Crippen molar-refractivity contribution in [1.82, 2.24) is 25.1 Å². The second kappa shape index (κ2) is 7.42. The molecule has 1 saturated carbocycles. The Hall–Kier alpha value is -3.22. The van der Waals surface area contributed by atoms with Crippen molar-refractivity contribution in [1.29, 1.82) is 0 Å². The number of benzene rings is 1. The molecule has 0 spiro atoms. The highest BCUT2D eigenvalue weighted by atomic mass is 16.5. The maximum atomic E-state index is 12.9. The molecule has 4 rings (SSSR count). The van der Waals surface area contributed by atoms with Crippen LogP contribution in [0.1, 0.15) is 40.6 Å². The summed E-state index contributed by atoms with van der Waals surface area (Å²) in [6.45, 7) is 1.97. The fraction of sp³-hybridized carbons (Fsp3) is 0.333. The van der Waals surface area contributed by atoms with Crippen molar-refractivity contribution in [3.8, 4) is 17.4 Å². The molecule has 1 atom stereocenters. The van der Waals surface area contributed by atoms with Crippen LogP contribution in [0.15, 0.2) is 42.5 Å². The van der Waals surface area contributed by atoms with Crippen molar-refractivity contribution in [3.05, 3.63) is 59.4 Å². The Balaban J connectivity index is 1.57. The van der Waals surface area contributed by atoms with Gasteiger partial charge in [-0.05, 0) is 49.9 Å². The lowest BCUT2D eigenvalue weighted by Crippen LogP contribution is -2.30. The number of carbonyl (C=O) groups is 1. The van der Waals surface area contributed by atoms with E-state index in [1.54, 1.807) is 31.0 Å². The fourth-order valence-electron chi connectivity index (χ4n) is 3.29. The number of ether oxygens (including phenoxy) is 1. The van der Waals surface area contributed by atoms with Crippen molar-refractivity contribution >= 4 is 5.91 Å². The number of amides is 1. The first kappa shape index (κ1) is 18.2. The van der Waals surface area contributed by atoms with Gasteiger partial charge in [-0.2, -0.15) is 4.98 Å². The van der Waals surface area contributed by atoms with Crippen molar-refractivity contribution in [2.75, 3.05) is 7.11 Å². The first-order valence-electron chi connectivity index (χ1n) is 9.35. The molecule has 0 radical (unpaired) electrons. The molecule has 1 aliphatic carbocycles. The molecule has 28 heavy (non-hydrogen) atoms. The minimum atomic E-state index is -0.120. The summed E-state index contributed by atoms with van der Waals surface area (Å²) >= 11 is 0. The van der Waals surface area contributed by atoms with E-state index in [0.717, 1.165) is 29.8 Å². The smallest absolute Gasteiger partial charge is 0.314 e. The van der Waals surface area contributed by atoms with Crippen LogP contribution in [-0.2, 0) is 7.05 Å². The maximum Gasteiger partial charge on any atom is 0.314 e. The molecule has 1 aliphatic rings. The van der Waals surface area contributed by atoms with E-state index in [9.17, 15) is 4.79 Å². The summed E-state index contributed by atoms with van der Waals surface area (Å²) < 4.78 is 6.74. The zero-order valence-electron chi connectivity index (χ0n) is 16.2. The van der Waals surface area contributed by atoms with Crippen LogP contribution in [0, 0.1) is 12.8 Å². The molecular formula is C21H23N5O2. The average molecular weight is 377 g/mol. The molecule has 1 aromatic carbocycles. The van der Waals surface area contributed by atoms with Gasteiger partial charge in [0.2, 0.25) is 0 Å². The first-order chi connectivity index (χ1) is 13.5. The average Bonchev–Trinajstić information content (AvgIpc) is 3.47. The third kappa shape index (κ3) is 3.74. The summed E-state index contributed by atoms with van der Waals surface area (Å²) in [7, 11) is 3.32. The van der Waals surface area contributed by atoms with Crippen LogP contribution in [0.25, 0.3) is 11.4 Å². The second-order valence-electron chi connectivity index (χ2n) is 7.12. The Bertz CT molecular complexity index is 1010. The van der Waals surface area contributed by atoms with E-state index in [4.69, 9.17) is 4.74 Å². The molecule has 3 aromatic rings. The van der Waals surface area contributed by atoms with Gasteiger partial charge in [-0.3, -0.25) is 9.78 Å². The van der Waals surface area contributed by atoms with Crippen LogP contribution in [0.5, 0.6) is 6.01 Å². The fourth-order valence-corrected chi connectivity index (χ4v) is 3.29. The number of nitrogens with one attached hydrogen (secondary N) is 1. The SMILES string of the molecule is COc1nc(-c2cccc(C(=O)NC(c3cccc(C)n3)C3CC3)c2)nn1C. The molecular weight excluding hydrogens is 354 g/mol. The minimum absolute atomic E-state index is 0.0656. The van der Waals surface area contributed by atoms with Gasteiger partial charge in [0.1, 0.15) is 0 Å². The van der Waals surface area contributed by atoms with Crippen LogP contribution >= 0.6 is 0 Å². The van der Waals surface area contributed by atoms with Crippen LogP contribution < -0.4 is 10.1 Å². The van der Waals surface area contributed by atoms with E-state index in [1.165, 1.54) is 0 Å². The van der Waals surface area contributed by atoms with E-state index in [-0.39, 0.29) is 11.9 Å². The lowest BCUT2D eigenvalue weighted by Gasteiger charge is -2.18. The predicted molar refractivity (Wildman–Crippen MR) is 105 cm³/mol. The standard InChI is InChI=1S/C21H23N5O2/c1-13-6-4-9-17(22-13)18(14-10-11-14)23-20(27)16-8-5-7-15(12-16)19-24-21(28-3)26(2)25-19/h4-9,12,14,18H,10-11H2,1-3H3,(H,23,27). The van der Waals surface area contributed by atoms with Gasteiger partial charge in [-0.1, -0.05) is 18.2 Å². The molecule has 2 aromatic heterocycles. The molecule has 1 amide bonds. The Kier molecular flexibility index (Phi) is 4.81. The third-order valence-corrected chi connectivity index (χ3v) is 4.90. The van der Waals surface area contributed by atoms with E-state index in [0.29, 0.717) is 23.3 Å². The minimum Gasteiger partial charge on any atom is -0.467 e. The number of carbonyl (C=O) groups excluding carboxylic acids is 1. The number of hydrogen-bond donors (Lipinski definition) is 1. The highest BCUT2D eigenvalue weighted by Crippen LogP contribution is 2.40. The van der Waals surface area contributed by atoms with Crippen molar-refractivity contribution in [2.45, 2.75) is 25.8 Å². The summed E-state index contributed by atoms with van der Waals surface area (Å²) in [6.07, 6.45) is 2.22. The molecule has 7 heteroatoms. The van der Waals surface area contributed by atoms with Crippen LogP contribution in [0.4, 0.5) is 0 Å². The number of methoxy groups -OCH3 is 1. The highest BCUT2D eigenvalue weighted by molar-refractivity contribution is 5.95. The third-order valence-electron chi connectivity index (χ3n) is 4.90. The number of nitrogens with zero attached hydrogens (tertiary/aromatic N) is 4. The molecule has 144 valence electrons. The van der Waals surface area contributed by atoms with E-state index >= 15 is 0 Å². The number of aryl methyl sites for hydroxylation is 2. The van der Waals surface area contributed by atoms with Gasteiger partial charge in [0.05, 0.1) is 18.8 Å². The molecule has 1 N–H and O–H groups in total. The summed E-state index contributed by atoms with van der Waals surface area (Å²) in [5.41, 5.74) is 3.21. The van der Waals surface area contributed by atoms with E-state index < -0.39 is 0 Å². The number of hydrogen-bond acceptors (Lipinski definition) is 5. The van der Waals surface area contributed by atoms with Gasteiger partial charge in [0.15, 0.2) is 5.82 Å². The zero-order valence-corrected chi connectivity index (χ0v) is 16.2. The van der Waals surface area contributed by atoms with Gasteiger partial charge < -0.3 is 10.1 Å². The van der Waals surface area contributed by atoms with Gasteiger partial charge in [-0.15, -0.1) is 5.10 Å². The topological polar surface area (TPSA) is 81.9 Å². The molecule has 0 bridgehead atoms. The van der Waals surface area contributed by atoms with Gasteiger partial charge in [-0.25, -0.2) is 4.68 Å². The Morgan fingerprint density at radius 2 is 2.00 bits per heavy atom. The predicted octanol–water partition coefficient (Wildman–Crippen LogP) is 3.08. The van der Waals surface area contributed by atoms with Crippen molar-refractivity contribution in [2.24, 2.45) is 13.0 Å². The molecule has 1 fully saturated rings. The van der Waals surface area contributed by atoms with Gasteiger partial charge >= 0.3 is 6.01 Å². The van der Waals surface area contributed by atoms with Crippen LogP contribution in [0.2, 0.25) is 0 Å². The zero-order chi connectivity index (χ0) is 19.7. The van der Waals surface area contributed by atoms with Crippen molar-refractivity contribution < 1.29 is 9.53 Å². The largest absolute Gasteiger partial charge is 0.467 e. The highest BCUT2D eigenvalue weighted by Gasteiger charge is 2.34. The monoisotopic (exact) mass is 377 g/mol. The summed E-state index contributed by atoms with van der Waals surface area (Å²) in [6, 6.07) is 13.6. The first-order valence-corrected chi connectivity index (χ1v) is 9.35. The second-order valence-corrected chi connectivity index (χ2v) is 7.12. The summed E-state index contributed by atoms with van der Waals surface area (Å²) in [5, 5.41) is 7.52. The summed E-state index contributed by atoms with van der Waals surface area (Å²) in [4.78, 5) is 21.9. The van der Waals surface area contributed by atoms with Crippen LogP contribution in [0.3, 0.4) is 0 Å². The van der Waals surface area contributed by atoms with Crippen LogP contribution in [-0.4, -0.2) is 32.8 Å². The van der Waals surface area contributed by atoms with E-state index in [2.05, 4.69) is 20.4 Å². The Labute approximate surface area is 163 Å². The molecule has 2 heterocycles. The molecule has 7 nitrogen and oxygen atoms in total. The quantitative estimate of drug-likeness (QED) is 0.714. The normalized spacial score (nSPS) is 14.5. The van der Waals surface area contributed by atoms with E-state index in [1.807, 2.05) is 37.3 Å². The van der Waals surface area contributed by atoms with Crippen molar-refractivity contribution in [3.63, 3.8) is 0 Å². The summed E-state index contributed by atoms with van der Waals surface area (Å²) in [5.74, 6) is 0.848. The maximum absolute atomic E-state index is 12.9. The molecule has 1 unspecified atom stereocenters. The van der Waals surface area contributed by atoms with Gasteiger partial charge in [0, 0.05) is 23.9 Å². The Morgan fingerprint density at radius 1 is 1.21 bits per heavy atom. The number of rotatable bonds is 6. The Morgan fingerprint density at radius 3 is 2.68 bits per heavy atom. The molecule has 0 aliphatic heterocycles. The lowest BCUT2D eigenvalue weighted by atomic mass is 10.1. The number of aromatic nitrogens is 4. The number of pyridine rings is 1.